The molecule has 1 saturated heterocycles. The molecule has 6 nitrogen and oxygen atoms in total. The van der Waals surface area contributed by atoms with Gasteiger partial charge in [0.15, 0.2) is 10.9 Å². The SMILES string of the molecule is O=C1CC(CS(=O)(=O)Cl)CN1c1nc(-c2ccco2)cs1. The van der Waals surface area contributed by atoms with Crippen LogP contribution in [0.5, 0.6) is 0 Å². The van der Waals surface area contributed by atoms with Crippen LogP contribution in [0.3, 0.4) is 0 Å². The van der Waals surface area contributed by atoms with Gasteiger partial charge in [0.05, 0.1) is 12.0 Å². The molecule has 1 unspecified atom stereocenters. The van der Waals surface area contributed by atoms with Crippen molar-refractivity contribution in [2.24, 2.45) is 5.92 Å². The van der Waals surface area contributed by atoms with E-state index in [-0.39, 0.29) is 24.0 Å². The average Bonchev–Trinajstić information content (AvgIpc) is 3.06. The third-order valence-electron chi connectivity index (χ3n) is 3.14. The third kappa shape index (κ3) is 3.28. The van der Waals surface area contributed by atoms with Gasteiger partial charge in [-0.1, -0.05) is 0 Å². The van der Waals surface area contributed by atoms with Crippen molar-refractivity contribution in [1.82, 2.24) is 4.98 Å². The number of aromatic nitrogens is 1. The average molecular weight is 347 g/mol. The van der Waals surface area contributed by atoms with Gasteiger partial charge in [0.2, 0.25) is 15.0 Å². The summed E-state index contributed by atoms with van der Waals surface area (Å²) in [7, 11) is 1.64. The van der Waals surface area contributed by atoms with E-state index in [1.54, 1.807) is 23.8 Å². The lowest BCUT2D eigenvalue weighted by Crippen LogP contribution is -2.25. The summed E-state index contributed by atoms with van der Waals surface area (Å²) in [6, 6.07) is 3.55. The number of anilines is 1. The van der Waals surface area contributed by atoms with Gasteiger partial charge in [-0.05, 0) is 12.1 Å². The molecule has 0 N–H and O–H groups in total. The Morgan fingerprint density at radius 1 is 1.52 bits per heavy atom. The first-order chi connectivity index (χ1) is 9.92. The Morgan fingerprint density at radius 2 is 2.33 bits per heavy atom. The van der Waals surface area contributed by atoms with Crippen LogP contribution in [0.1, 0.15) is 6.42 Å². The molecule has 21 heavy (non-hydrogen) atoms. The fourth-order valence-electron chi connectivity index (χ4n) is 2.29. The topological polar surface area (TPSA) is 80.5 Å². The van der Waals surface area contributed by atoms with E-state index in [4.69, 9.17) is 15.1 Å². The van der Waals surface area contributed by atoms with Crippen LogP contribution in [0.25, 0.3) is 11.5 Å². The van der Waals surface area contributed by atoms with Gasteiger partial charge in [-0.25, -0.2) is 13.4 Å². The predicted octanol–water partition coefficient (Wildman–Crippen LogP) is 2.32. The predicted molar refractivity (Wildman–Crippen MR) is 79.9 cm³/mol. The first-order valence-electron chi connectivity index (χ1n) is 6.14. The number of hydrogen-bond donors (Lipinski definition) is 0. The number of hydrogen-bond acceptors (Lipinski definition) is 6. The Hall–Kier alpha value is -1.38. The molecule has 112 valence electrons. The fraction of sp³-hybridized carbons (Fsp3) is 0.333. The molecule has 3 rings (SSSR count). The zero-order valence-corrected chi connectivity index (χ0v) is 13.1. The number of furan rings is 1. The highest BCUT2D eigenvalue weighted by molar-refractivity contribution is 8.13. The number of amides is 1. The molecule has 0 radical (unpaired) electrons. The zero-order valence-electron chi connectivity index (χ0n) is 10.7. The number of halogens is 1. The van der Waals surface area contributed by atoms with E-state index in [2.05, 4.69) is 4.98 Å². The molecule has 2 aromatic rings. The molecule has 3 heterocycles. The van der Waals surface area contributed by atoms with Gasteiger partial charge in [0, 0.05) is 34.9 Å². The molecule has 1 aliphatic rings. The van der Waals surface area contributed by atoms with Gasteiger partial charge in [-0.2, -0.15) is 0 Å². The molecular formula is C12H11ClN2O4S2. The van der Waals surface area contributed by atoms with Crippen LogP contribution in [-0.4, -0.2) is 31.6 Å². The van der Waals surface area contributed by atoms with E-state index in [0.717, 1.165) is 0 Å². The highest BCUT2D eigenvalue weighted by Gasteiger charge is 2.34. The first kappa shape index (κ1) is 14.6. The second-order valence-corrected chi connectivity index (χ2v) is 8.43. The second-order valence-electron chi connectivity index (χ2n) is 4.77. The van der Waals surface area contributed by atoms with E-state index in [0.29, 0.717) is 23.1 Å². The van der Waals surface area contributed by atoms with Gasteiger partial charge in [-0.3, -0.25) is 9.69 Å². The van der Waals surface area contributed by atoms with E-state index in [9.17, 15) is 13.2 Å². The van der Waals surface area contributed by atoms with Crippen LogP contribution < -0.4 is 4.90 Å². The van der Waals surface area contributed by atoms with E-state index < -0.39 is 9.05 Å². The van der Waals surface area contributed by atoms with Crippen molar-refractivity contribution in [1.29, 1.82) is 0 Å². The minimum atomic E-state index is -3.61. The number of carbonyl (C=O) groups is 1. The van der Waals surface area contributed by atoms with E-state index in [1.165, 1.54) is 16.2 Å². The molecule has 0 spiro atoms. The minimum Gasteiger partial charge on any atom is -0.463 e. The zero-order chi connectivity index (χ0) is 15.0. The van der Waals surface area contributed by atoms with Gasteiger partial charge >= 0.3 is 0 Å². The van der Waals surface area contributed by atoms with Crippen LogP contribution in [0.4, 0.5) is 5.13 Å². The Labute approximate surface area is 129 Å². The molecule has 9 heteroatoms. The molecule has 0 aromatic carbocycles. The summed E-state index contributed by atoms with van der Waals surface area (Å²) in [5, 5.41) is 2.34. The molecule has 1 atom stereocenters. The molecule has 0 aliphatic carbocycles. The van der Waals surface area contributed by atoms with Gasteiger partial charge in [-0.15, -0.1) is 11.3 Å². The third-order valence-corrected chi connectivity index (χ3v) is 5.25. The first-order valence-corrected chi connectivity index (χ1v) is 9.50. The molecule has 1 amide bonds. The number of thiazole rings is 1. The Kier molecular flexibility index (Phi) is 3.76. The highest BCUT2D eigenvalue weighted by Crippen LogP contribution is 2.32. The maximum Gasteiger partial charge on any atom is 0.232 e. The lowest BCUT2D eigenvalue weighted by molar-refractivity contribution is -0.117. The van der Waals surface area contributed by atoms with Crippen molar-refractivity contribution >= 4 is 42.1 Å². The second kappa shape index (κ2) is 5.43. The summed E-state index contributed by atoms with van der Waals surface area (Å²) in [4.78, 5) is 17.9. The molecular weight excluding hydrogens is 336 g/mol. The Bertz CT molecular complexity index is 754. The van der Waals surface area contributed by atoms with Crippen LogP contribution in [0.2, 0.25) is 0 Å². The molecule has 2 aromatic heterocycles. The van der Waals surface area contributed by atoms with E-state index >= 15 is 0 Å². The van der Waals surface area contributed by atoms with Crippen molar-refractivity contribution in [3.05, 3.63) is 23.8 Å². The standard InChI is InChI=1S/C12H11ClN2O4S2/c13-21(17,18)7-8-4-11(16)15(5-8)12-14-9(6-20-12)10-2-1-3-19-10/h1-3,6,8H,4-5,7H2. The summed E-state index contributed by atoms with van der Waals surface area (Å²) in [5.74, 6) is -0.00613. The summed E-state index contributed by atoms with van der Waals surface area (Å²) in [6.07, 6.45) is 1.72. The van der Waals surface area contributed by atoms with Gasteiger partial charge in [0.25, 0.3) is 0 Å². The number of rotatable bonds is 4. The van der Waals surface area contributed by atoms with Crippen molar-refractivity contribution in [2.75, 3.05) is 17.2 Å². The maximum atomic E-state index is 12.0. The largest absolute Gasteiger partial charge is 0.463 e. The van der Waals surface area contributed by atoms with Crippen LogP contribution in [-0.2, 0) is 13.8 Å². The summed E-state index contributed by atoms with van der Waals surface area (Å²) >= 11 is 1.32. The van der Waals surface area contributed by atoms with Crippen molar-refractivity contribution < 1.29 is 17.6 Å². The summed E-state index contributed by atoms with van der Waals surface area (Å²) in [6.45, 7) is 0.315. The lowest BCUT2D eigenvalue weighted by Gasteiger charge is -2.12. The normalized spacial score (nSPS) is 19.4. The minimum absolute atomic E-state index is 0.138. The van der Waals surface area contributed by atoms with E-state index in [1.807, 2.05) is 0 Å². The van der Waals surface area contributed by atoms with Gasteiger partial charge < -0.3 is 4.42 Å². The van der Waals surface area contributed by atoms with Crippen molar-refractivity contribution in [3.8, 4) is 11.5 Å². The Morgan fingerprint density at radius 3 is 3.00 bits per heavy atom. The fourth-order valence-corrected chi connectivity index (χ4v) is 4.45. The van der Waals surface area contributed by atoms with Crippen LogP contribution in [0.15, 0.2) is 28.2 Å². The van der Waals surface area contributed by atoms with Gasteiger partial charge in [0.1, 0.15) is 5.69 Å². The monoisotopic (exact) mass is 346 g/mol. The smallest absolute Gasteiger partial charge is 0.232 e. The molecule has 0 bridgehead atoms. The quantitative estimate of drug-likeness (QED) is 0.794. The molecule has 0 saturated carbocycles. The van der Waals surface area contributed by atoms with Crippen LogP contribution >= 0.6 is 22.0 Å². The summed E-state index contributed by atoms with van der Waals surface area (Å²) < 4.78 is 27.5. The number of carbonyl (C=O) groups excluding carboxylic acids is 1. The molecule has 1 aliphatic heterocycles. The maximum absolute atomic E-state index is 12.0. The molecule has 1 fully saturated rings. The van der Waals surface area contributed by atoms with Crippen LogP contribution in [0, 0.1) is 5.92 Å². The summed E-state index contributed by atoms with van der Waals surface area (Å²) in [5.41, 5.74) is 0.654. The van der Waals surface area contributed by atoms with Crippen molar-refractivity contribution in [2.45, 2.75) is 6.42 Å². The Balaban J connectivity index is 1.77. The highest BCUT2D eigenvalue weighted by atomic mass is 35.7. The van der Waals surface area contributed by atoms with Crippen molar-refractivity contribution in [3.63, 3.8) is 0 Å². The number of nitrogens with zero attached hydrogens (tertiary/aromatic N) is 2. The lowest BCUT2D eigenvalue weighted by atomic mass is 10.1.